The van der Waals surface area contributed by atoms with Crippen LogP contribution in [0, 0.1) is 5.41 Å². The van der Waals surface area contributed by atoms with Crippen LogP contribution in [-0.4, -0.2) is 43.1 Å². The Kier molecular flexibility index (Phi) is 5.05. The minimum absolute atomic E-state index is 0.0653. The molecule has 0 aromatic carbocycles. The van der Waals surface area contributed by atoms with Gasteiger partial charge in [-0.1, -0.05) is 6.92 Å². The first-order chi connectivity index (χ1) is 7.15. The highest BCUT2D eigenvalue weighted by molar-refractivity contribution is 5.82. The lowest BCUT2D eigenvalue weighted by molar-refractivity contribution is -0.00441. The molecule has 1 aliphatic rings. The monoisotopic (exact) mass is 213 g/mol. The molecule has 0 aliphatic carbocycles. The number of likely N-dealkylation sites (N-methyl/N-ethyl adjacent to an activating group) is 1. The van der Waals surface area contributed by atoms with Crippen molar-refractivity contribution in [3.05, 3.63) is 0 Å². The molecule has 0 radical (unpaired) electrons. The average molecular weight is 213 g/mol. The number of ether oxygens (including phenoxy) is 1. The average Bonchev–Trinajstić information content (AvgIpc) is 2.19. The maximum absolute atomic E-state index is 7.49. The van der Waals surface area contributed by atoms with Crippen LogP contribution in [0.2, 0.25) is 0 Å². The summed E-state index contributed by atoms with van der Waals surface area (Å²) in [6, 6.07) is 0.0653. The number of nitrogens with zero attached hydrogens (tertiary/aromatic N) is 1. The Morgan fingerprint density at radius 3 is 2.80 bits per heavy atom. The molecule has 0 bridgehead atoms. The molecule has 0 aromatic rings. The number of hydrogen-bond donors (Lipinski definition) is 2. The van der Waals surface area contributed by atoms with Gasteiger partial charge in [0.05, 0.1) is 12.1 Å². The number of nitrogens with one attached hydrogen (secondary N) is 1. The minimum Gasteiger partial charge on any atom is -0.386 e. The van der Waals surface area contributed by atoms with E-state index >= 15 is 0 Å². The van der Waals surface area contributed by atoms with Crippen LogP contribution in [0.5, 0.6) is 0 Å². The van der Waals surface area contributed by atoms with Gasteiger partial charge in [-0.3, -0.25) is 10.3 Å². The lowest BCUT2D eigenvalue weighted by Crippen LogP contribution is -2.45. The Morgan fingerprint density at radius 1 is 1.60 bits per heavy atom. The summed E-state index contributed by atoms with van der Waals surface area (Å²) in [7, 11) is 2.02. The van der Waals surface area contributed by atoms with Crippen molar-refractivity contribution in [2.24, 2.45) is 5.73 Å². The van der Waals surface area contributed by atoms with Crippen LogP contribution >= 0.6 is 0 Å². The van der Waals surface area contributed by atoms with Crippen LogP contribution in [0.4, 0.5) is 0 Å². The van der Waals surface area contributed by atoms with Crippen molar-refractivity contribution < 1.29 is 4.74 Å². The third-order valence-corrected chi connectivity index (χ3v) is 3.04. The maximum atomic E-state index is 7.49. The van der Waals surface area contributed by atoms with Crippen molar-refractivity contribution in [3.8, 4) is 0 Å². The molecule has 0 spiro atoms. The SMILES string of the molecule is CCC(C(=N)N)N(C)CC1CCCCO1. The molecule has 3 N–H and O–H groups in total. The number of amidine groups is 1. The second kappa shape index (κ2) is 6.08. The van der Waals surface area contributed by atoms with E-state index in [0.29, 0.717) is 6.10 Å². The molecule has 0 saturated carbocycles. The summed E-state index contributed by atoms with van der Waals surface area (Å²) in [5, 5.41) is 7.49. The Morgan fingerprint density at radius 2 is 2.33 bits per heavy atom. The Hall–Kier alpha value is -0.610. The van der Waals surface area contributed by atoms with Gasteiger partial charge in [0.2, 0.25) is 0 Å². The zero-order chi connectivity index (χ0) is 11.3. The summed E-state index contributed by atoms with van der Waals surface area (Å²) >= 11 is 0. The molecule has 1 heterocycles. The van der Waals surface area contributed by atoms with Crippen LogP contribution in [0.1, 0.15) is 32.6 Å². The molecular weight excluding hydrogens is 190 g/mol. The first-order valence-electron chi connectivity index (χ1n) is 5.81. The number of nitrogens with two attached hydrogens (primary N) is 1. The summed E-state index contributed by atoms with van der Waals surface area (Å²) < 4.78 is 5.67. The lowest BCUT2D eigenvalue weighted by Gasteiger charge is -2.31. The molecular formula is C11H23N3O. The van der Waals surface area contributed by atoms with Crippen molar-refractivity contribution in [3.63, 3.8) is 0 Å². The van der Waals surface area contributed by atoms with Gasteiger partial charge in [0.15, 0.2) is 0 Å². The Bertz CT molecular complexity index is 202. The van der Waals surface area contributed by atoms with Gasteiger partial charge in [-0.15, -0.1) is 0 Å². The predicted molar refractivity (Wildman–Crippen MR) is 62.2 cm³/mol. The molecule has 1 fully saturated rings. The first kappa shape index (κ1) is 12.5. The fraction of sp³-hybridized carbons (Fsp3) is 0.909. The highest BCUT2D eigenvalue weighted by Crippen LogP contribution is 2.14. The van der Waals surface area contributed by atoms with Crippen molar-refractivity contribution >= 4 is 5.84 Å². The smallest absolute Gasteiger partial charge is 0.108 e. The molecule has 1 saturated heterocycles. The normalized spacial score (nSPS) is 24.1. The molecule has 4 nitrogen and oxygen atoms in total. The van der Waals surface area contributed by atoms with Crippen LogP contribution in [0.3, 0.4) is 0 Å². The van der Waals surface area contributed by atoms with E-state index in [1.54, 1.807) is 0 Å². The van der Waals surface area contributed by atoms with Crippen LogP contribution in [-0.2, 0) is 4.74 Å². The van der Waals surface area contributed by atoms with Gasteiger partial charge in [-0.2, -0.15) is 0 Å². The van der Waals surface area contributed by atoms with Crippen LogP contribution in [0.15, 0.2) is 0 Å². The minimum atomic E-state index is 0.0653. The van der Waals surface area contributed by atoms with Gasteiger partial charge in [-0.25, -0.2) is 0 Å². The fourth-order valence-corrected chi connectivity index (χ4v) is 2.17. The van der Waals surface area contributed by atoms with E-state index in [4.69, 9.17) is 15.9 Å². The number of hydrogen-bond acceptors (Lipinski definition) is 3. The van der Waals surface area contributed by atoms with E-state index in [1.807, 2.05) is 7.05 Å². The third kappa shape index (κ3) is 3.80. The van der Waals surface area contributed by atoms with E-state index < -0.39 is 0 Å². The Labute approximate surface area is 92.3 Å². The molecule has 2 atom stereocenters. The molecule has 2 unspecified atom stereocenters. The van der Waals surface area contributed by atoms with E-state index in [2.05, 4.69) is 11.8 Å². The van der Waals surface area contributed by atoms with Gasteiger partial charge in [0.25, 0.3) is 0 Å². The summed E-state index contributed by atoms with van der Waals surface area (Å²) in [6.07, 6.45) is 4.80. The highest BCUT2D eigenvalue weighted by Gasteiger charge is 2.21. The highest BCUT2D eigenvalue weighted by atomic mass is 16.5. The predicted octanol–water partition coefficient (Wildman–Crippen LogP) is 1.20. The second-order valence-corrected chi connectivity index (χ2v) is 4.31. The topological polar surface area (TPSA) is 62.3 Å². The largest absolute Gasteiger partial charge is 0.386 e. The number of rotatable bonds is 5. The van der Waals surface area contributed by atoms with E-state index in [-0.39, 0.29) is 11.9 Å². The quantitative estimate of drug-likeness (QED) is 0.533. The fourth-order valence-electron chi connectivity index (χ4n) is 2.17. The van der Waals surface area contributed by atoms with E-state index in [9.17, 15) is 0 Å². The van der Waals surface area contributed by atoms with Crippen molar-refractivity contribution in [1.29, 1.82) is 5.41 Å². The van der Waals surface area contributed by atoms with Crippen molar-refractivity contribution in [2.75, 3.05) is 20.2 Å². The molecule has 15 heavy (non-hydrogen) atoms. The lowest BCUT2D eigenvalue weighted by atomic mass is 10.1. The summed E-state index contributed by atoms with van der Waals surface area (Å²) in [4.78, 5) is 2.14. The standard InChI is InChI=1S/C11H23N3O/c1-3-10(11(12)13)14(2)8-9-6-4-5-7-15-9/h9-10H,3-8H2,1-2H3,(H3,12,13). The van der Waals surface area contributed by atoms with Crippen LogP contribution < -0.4 is 5.73 Å². The first-order valence-corrected chi connectivity index (χ1v) is 5.81. The van der Waals surface area contributed by atoms with Gasteiger partial charge in [-0.05, 0) is 32.7 Å². The maximum Gasteiger partial charge on any atom is 0.108 e. The summed E-state index contributed by atoms with van der Waals surface area (Å²) in [5.74, 6) is 0.260. The van der Waals surface area contributed by atoms with Gasteiger partial charge in [0, 0.05) is 13.2 Å². The molecule has 88 valence electrons. The summed E-state index contributed by atoms with van der Waals surface area (Å²) in [6.45, 7) is 3.83. The molecule has 4 heteroatoms. The van der Waals surface area contributed by atoms with Crippen molar-refractivity contribution in [2.45, 2.75) is 44.8 Å². The third-order valence-electron chi connectivity index (χ3n) is 3.04. The van der Waals surface area contributed by atoms with E-state index in [0.717, 1.165) is 26.0 Å². The molecule has 1 rings (SSSR count). The Balaban J connectivity index is 2.38. The molecule has 1 aliphatic heterocycles. The van der Waals surface area contributed by atoms with E-state index in [1.165, 1.54) is 12.8 Å². The molecule has 0 aromatic heterocycles. The van der Waals surface area contributed by atoms with Crippen LogP contribution in [0.25, 0.3) is 0 Å². The molecule has 0 amide bonds. The zero-order valence-electron chi connectivity index (χ0n) is 9.83. The zero-order valence-corrected chi connectivity index (χ0v) is 9.83. The van der Waals surface area contributed by atoms with Crippen molar-refractivity contribution in [1.82, 2.24) is 4.90 Å². The van der Waals surface area contributed by atoms with Gasteiger partial charge in [0.1, 0.15) is 5.84 Å². The van der Waals surface area contributed by atoms with Gasteiger partial charge < -0.3 is 10.5 Å². The van der Waals surface area contributed by atoms with Gasteiger partial charge >= 0.3 is 0 Å². The summed E-state index contributed by atoms with van der Waals surface area (Å²) in [5.41, 5.74) is 5.55. The second-order valence-electron chi connectivity index (χ2n) is 4.31.